The Hall–Kier alpha value is -1.76. The van der Waals surface area contributed by atoms with E-state index in [2.05, 4.69) is 10.4 Å². The Morgan fingerprint density at radius 3 is 2.70 bits per heavy atom. The topological polar surface area (TPSA) is 76.5 Å². The molecule has 0 spiro atoms. The van der Waals surface area contributed by atoms with Crippen LogP contribution in [0.25, 0.3) is 0 Å². The van der Waals surface area contributed by atoms with Gasteiger partial charge >= 0.3 is 6.09 Å². The minimum Gasteiger partial charge on any atom is -0.444 e. The molecule has 23 heavy (non-hydrogen) atoms. The summed E-state index contributed by atoms with van der Waals surface area (Å²) in [6.45, 7) is 6.43. The predicted octanol–water partition coefficient (Wildman–Crippen LogP) is 2.28. The average molecular weight is 343 g/mol. The Bertz CT molecular complexity index is 607. The van der Waals surface area contributed by atoms with Crippen LogP contribution >= 0.6 is 11.6 Å². The number of alkyl halides is 1. The van der Waals surface area contributed by atoms with Crippen molar-refractivity contribution in [3.8, 4) is 0 Å². The van der Waals surface area contributed by atoms with Gasteiger partial charge in [0.15, 0.2) is 0 Å². The van der Waals surface area contributed by atoms with E-state index in [0.717, 1.165) is 11.3 Å². The molecule has 7 nitrogen and oxygen atoms in total. The highest BCUT2D eigenvalue weighted by molar-refractivity contribution is 6.19. The van der Waals surface area contributed by atoms with Gasteiger partial charge in [-0.2, -0.15) is 5.10 Å². The predicted molar refractivity (Wildman–Crippen MR) is 87.5 cm³/mol. The lowest BCUT2D eigenvalue weighted by Crippen LogP contribution is -2.40. The quantitative estimate of drug-likeness (QED) is 0.855. The van der Waals surface area contributed by atoms with E-state index in [1.807, 2.05) is 20.8 Å². The van der Waals surface area contributed by atoms with Crippen molar-refractivity contribution in [1.29, 1.82) is 0 Å². The number of nitrogens with zero attached hydrogens (tertiary/aromatic N) is 3. The average Bonchev–Trinajstić information content (AvgIpc) is 2.73. The van der Waals surface area contributed by atoms with Crippen LogP contribution in [0.2, 0.25) is 0 Å². The summed E-state index contributed by atoms with van der Waals surface area (Å²) in [5.74, 6) is 0.708. The summed E-state index contributed by atoms with van der Waals surface area (Å²) < 4.78 is 7.05. The van der Waals surface area contributed by atoms with Crippen molar-refractivity contribution >= 4 is 29.4 Å². The van der Waals surface area contributed by atoms with Crippen LogP contribution in [0.1, 0.15) is 38.4 Å². The summed E-state index contributed by atoms with van der Waals surface area (Å²) >= 11 is 5.59. The van der Waals surface area contributed by atoms with E-state index in [0.29, 0.717) is 25.3 Å². The van der Waals surface area contributed by atoms with E-state index in [-0.39, 0.29) is 24.3 Å². The second kappa shape index (κ2) is 6.78. The van der Waals surface area contributed by atoms with E-state index >= 15 is 0 Å². The Morgan fingerprint density at radius 2 is 2.09 bits per heavy atom. The van der Waals surface area contributed by atoms with Gasteiger partial charge in [0, 0.05) is 37.9 Å². The Labute approximate surface area is 140 Å². The number of amides is 2. The van der Waals surface area contributed by atoms with Crippen LogP contribution in [0.5, 0.6) is 0 Å². The van der Waals surface area contributed by atoms with E-state index < -0.39 is 5.60 Å². The first-order chi connectivity index (χ1) is 10.7. The number of carbonyl (C=O) groups is 2. The molecule has 1 aromatic heterocycles. The number of carbonyl (C=O) groups excluding carboxylic acids is 2. The summed E-state index contributed by atoms with van der Waals surface area (Å²) in [5.41, 5.74) is 1.21. The van der Waals surface area contributed by atoms with Crippen molar-refractivity contribution in [1.82, 2.24) is 14.7 Å². The van der Waals surface area contributed by atoms with Gasteiger partial charge in [0.25, 0.3) is 0 Å². The highest BCUT2D eigenvalue weighted by atomic mass is 35.5. The molecule has 1 aromatic rings. The van der Waals surface area contributed by atoms with Gasteiger partial charge in [0.05, 0.1) is 12.2 Å². The standard InChI is InChI=1S/C15H23ClN4O3/c1-15(2,3)23-14(22)20-8-6-11-10(9-20)13(19(4)18-11)17-12(21)5-7-16/h5-9H2,1-4H3,(H,17,21). The van der Waals surface area contributed by atoms with Gasteiger partial charge in [-0.05, 0) is 20.8 Å². The van der Waals surface area contributed by atoms with Crippen LogP contribution in [0.3, 0.4) is 0 Å². The molecule has 0 radical (unpaired) electrons. The highest BCUT2D eigenvalue weighted by Crippen LogP contribution is 2.27. The molecule has 0 saturated heterocycles. The fourth-order valence-electron chi connectivity index (χ4n) is 2.42. The number of anilines is 1. The molecular formula is C15H23ClN4O3. The van der Waals surface area contributed by atoms with Crippen molar-refractivity contribution in [2.75, 3.05) is 17.7 Å². The van der Waals surface area contributed by atoms with Crippen molar-refractivity contribution in [3.05, 3.63) is 11.3 Å². The van der Waals surface area contributed by atoms with Crippen LogP contribution in [0.15, 0.2) is 0 Å². The van der Waals surface area contributed by atoms with E-state index in [4.69, 9.17) is 16.3 Å². The molecule has 2 amide bonds. The summed E-state index contributed by atoms with van der Waals surface area (Å²) in [7, 11) is 1.77. The Kier molecular flexibility index (Phi) is 5.19. The highest BCUT2D eigenvalue weighted by Gasteiger charge is 2.29. The molecular weight excluding hydrogens is 320 g/mol. The van der Waals surface area contributed by atoms with Gasteiger partial charge in [-0.3, -0.25) is 9.48 Å². The Morgan fingerprint density at radius 1 is 1.39 bits per heavy atom. The van der Waals surface area contributed by atoms with E-state index in [9.17, 15) is 9.59 Å². The van der Waals surface area contributed by atoms with Crippen molar-refractivity contribution in [2.45, 2.75) is 45.8 Å². The number of fused-ring (bicyclic) bond motifs is 1. The third-order valence-electron chi connectivity index (χ3n) is 3.43. The zero-order valence-electron chi connectivity index (χ0n) is 14.0. The van der Waals surface area contributed by atoms with Gasteiger partial charge in [-0.25, -0.2) is 4.79 Å². The molecule has 2 heterocycles. The van der Waals surface area contributed by atoms with Crippen molar-refractivity contribution in [2.24, 2.45) is 7.05 Å². The zero-order chi connectivity index (χ0) is 17.2. The first-order valence-electron chi connectivity index (χ1n) is 7.59. The maximum absolute atomic E-state index is 12.2. The van der Waals surface area contributed by atoms with Crippen LogP contribution in [-0.4, -0.2) is 44.7 Å². The number of rotatable bonds is 3. The van der Waals surface area contributed by atoms with E-state index in [1.165, 1.54) is 0 Å². The SMILES string of the molecule is Cn1nc2c(c1NC(=O)CCCl)CN(C(=O)OC(C)(C)C)CC2. The number of halogens is 1. The monoisotopic (exact) mass is 342 g/mol. The summed E-state index contributed by atoms with van der Waals surface area (Å²) in [6, 6.07) is 0. The zero-order valence-corrected chi connectivity index (χ0v) is 14.7. The van der Waals surface area contributed by atoms with Crippen molar-refractivity contribution < 1.29 is 14.3 Å². The number of ether oxygens (including phenoxy) is 1. The molecule has 0 aliphatic carbocycles. The molecule has 0 fully saturated rings. The second-order valence-electron chi connectivity index (χ2n) is 6.54. The van der Waals surface area contributed by atoms with Gasteiger partial charge in [-0.15, -0.1) is 11.6 Å². The van der Waals surface area contributed by atoms with Crippen LogP contribution in [-0.2, 0) is 29.5 Å². The number of hydrogen-bond acceptors (Lipinski definition) is 4. The molecule has 128 valence electrons. The maximum Gasteiger partial charge on any atom is 0.410 e. The molecule has 8 heteroatoms. The van der Waals surface area contributed by atoms with Crippen molar-refractivity contribution in [3.63, 3.8) is 0 Å². The normalized spacial score (nSPS) is 14.4. The van der Waals surface area contributed by atoms with Crippen LogP contribution in [0.4, 0.5) is 10.6 Å². The first-order valence-corrected chi connectivity index (χ1v) is 8.13. The van der Waals surface area contributed by atoms with Crippen LogP contribution < -0.4 is 5.32 Å². The minimum absolute atomic E-state index is 0.166. The third kappa shape index (κ3) is 4.37. The lowest BCUT2D eigenvalue weighted by Gasteiger charge is -2.29. The van der Waals surface area contributed by atoms with Gasteiger partial charge in [0.1, 0.15) is 11.4 Å². The summed E-state index contributed by atoms with van der Waals surface area (Å²) in [4.78, 5) is 25.7. The molecule has 0 atom stereocenters. The number of hydrogen-bond donors (Lipinski definition) is 1. The molecule has 1 aliphatic heterocycles. The number of nitrogens with one attached hydrogen (secondary N) is 1. The Balaban J connectivity index is 2.16. The maximum atomic E-state index is 12.2. The number of aromatic nitrogens is 2. The van der Waals surface area contributed by atoms with E-state index in [1.54, 1.807) is 16.6 Å². The first kappa shape index (κ1) is 17.6. The lowest BCUT2D eigenvalue weighted by atomic mass is 10.1. The molecule has 0 aromatic carbocycles. The lowest BCUT2D eigenvalue weighted by molar-refractivity contribution is -0.115. The molecule has 0 saturated carbocycles. The summed E-state index contributed by atoms with van der Waals surface area (Å²) in [6.07, 6.45) is 0.510. The van der Waals surface area contributed by atoms with Crippen LogP contribution in [0, 0.1) is 0 Å². The number of aryl methyl sites for hydroxylation is 1. The second-order valence-corrected chi connectivity index (χ2v) is 6.91. The summed E-state index contributed by atoms with van der Waals surface area (Å²) in [5, 5.41) is 7.25. The molecule has 0 bridgehead atoms. The van der Waals surface area contributed by atoms with Gasteiger partial charge in [-0.1, -0.05) is 0 Å². The fraction of sp³-hybridized carbons (Fsp3) is 0.667. The van der Waals surface area contributed by atoms with Gasteiger partial charge in [0.2, 0.25) is 5.91 Å². The van der Waals surface area contributed by atoms with Gasteiger partial charge < -0.3 is 15.0 Å². The fourth-order valence-corrected chi connectivity index (χ4v) is 2.59. The molecule has 2 rings (SSSR count). The smallest absolute Gasteiger partial charge is 0.410 e. The minimum atomic E-state index is -0.538. The molecule has 1 N–H and O–H groups in total. The largest absolute Gasteiger partial charge is 0.444 e. The molecule has 0 unspecified atom stereocenters. The molecule has 1 aliphatic rings. The third-order valence-corrected chi connectivity index (χ3v) is 3.62.